The maximum Gasteiger partial charge on any atom is 0.326 e. The van der Waals surface area contributed by atoms with E-state index >= 15 is 0 Å². The number of carboxylic acids is 1. The number of furan rings is 1. The molecule has 0 spiro atoms. The summed E-state index contributed by atoms with van der Waals surface area (Å²) in [5.74, 6) is -1.21. The van der Waals surface area contributed by atoms with Crippen molar-refractivity contribution in [2.75, 3.05) is 6.54 Å². The van der Waals surface area contributed by atoms with Crippen LogP contribution >= 0.6 is 0 Å². The van der Waals surface area contributed by atoms with Crippen LogP contribution < -0.4 is 0 Å². The molecule has 0 unspecified atom stereocenters. The summed E-state index contributed by atoms with van der Waals surface area (Å²) in [7, 11) is 0. The Kier molecular flexibility index (Phi) is 3.20. The van der Waals surface area contributed by atoms with E-state index < -0.39 is 12.0 Å². The Balaban J connectivity index is 2.02. The third-order valence-corrected chi connectivity index (χ3v) is 4.22. The summed E-state index contributed by atoms with van der Waals surface area (Å²) < 4.78 is 5.47. The number of carbonyl (C=O) groups is 2. The molecule has 110 valence electrons. The van der Waals surface area contributed by atoms with Gasteiger partial charge in [-0.25, -0.2) is 4.79 Å². The molecule has 5 nitrogen and oxygen atoms in total. The minimum absolute atomic E-state index is 0.262. The number of aliphatic carboxylic acids is 1. The normalized spacial score (nSPS) is 18.4. The van der Waals surface area contributed by atoms with E-state index in [-0.39, 0.29) is 5.91 Å². The first-order chi connectivity index (χ1) is 9.99. The number of benzene rings is 1. The number of carbonyl (C=O) groups excluding carboxylic acids is 1. The summed E-state index contributed by atoms with van der Waals surface area (Å²) in [6.45, 7) is 4.44. The lowest BCUT2D eigenvalue weighted by Gasteiger charge is -2.20. The fourth-order valence-corrected chi connectivity index (χ4v) is 2.87. The van der Waals surface area contributed by atoms with Gasteiger partial charge in [-0.15, -0.1) is 0 Å². The quantitative estimate of drug-likeness (QED) is 0.922. The maximum absolute atomic E-state index is 12.6. The SMILES string of the molecule is Cc1cc2occ(C(=O)N3CCC[C@H]3C(=O)O)c2cc1C. The van der Waals surface area contributed by atoms with E-state index in [2.05, 4.69) is 0 Å². The zero-order valence-electron chi connectivity index (χ0n) is 12.0. The first-order valence-corrected chi connectivity index (χ1v) is 7.01. The van der Waals surface area contributed by atoms with Gasteiger partial charge < -0.3 is 14.4 Å². The van der Waals surface area contributed by atoms with Gasteiger partial charge in [-0.2, -0.15) is 0 Å². The van der Waals surface area contributed by atoms with Gasteiger partial charge in [-0.1, -0.05) is 0 Å². The molecule has 1 aromatic carbocycles. The molecule has 1 N–H and O–H groups in total. The van der Waals surface area contributed by atoms with E-state index in [9.17, 15) is 14.7 Å². The molecule has 0 radical (unpaired) electrons. The molecule has 0 saturated carbocycles. The summed E-state index contributed by atoms with van der Waals surface area (Å²) >= 11 is 0. The lowest BCUT2D eigenvalue weighted by molar-refractivity contribution is -0.141. The molecule has 1 aliphatic heterocycles. The lowest BCUT2D eigenvalue weighted by atomic mass is 10.0. The molecule has 0 bridgehead atoms. The predicted octanol–water partition coefficient (Wildman–Crippen LogP) is 2.74. The van der Waals surface area contributed by atoms with Crippen LogP contribution in [0.2, 0.25) is 0 Å². The van der Waals surface area contributed by atoms with Crippen molar-refractivity contribution in [2.45, 2.75) is 32.7 Å². The average molecular weight is 287 g/mol. The van der Waals surface area contributed by atoms with Crippen LogP contribution in [0.25, 0.3) is 11.0 Å². The molecule has 1 saturated heterocycles. The second kappa shape index (κ2) is 4.91. The molecule has 2 aromatic rings. The standard InChI is InChI=1S/C16H17NO4/c1-9-6-11-12(8-21-14(11)7-10(9)2)15(18)17-5-3-4-13(17)16(19)20/h6-8,13H,3-5H2,1-2H3,(H,19,20)/t13-/m0/s1. The predicted molar refractivity (Wildman–Crippen MR) is 77.4 cm³/mol. The van der Waals surface area contributed by atoms with Gasteiger partial charge in [0.2, 0.25) is 0 Å². The third kappa shape index (κ3) is 2.18. The first-order valence-electron chi connectivity index (χ1n) is 7.01. The number of rotatable bonds is 2. The van der Waals surface area contributed by atoms with Crippen LogP contribution in [0.5, 0.6) is 0 Å². The number of fused-ring (bicyclic) bond motifs is 1. The Morgan fingerprint density at radius 1 is 1.29 bits per heavy atom. The molecule has 3 rings (SSSR count). The maximum atomic E-state index is 12.6. The minimum atomic E-state index is -0.944. The van der Waals surface area contributed by atoms with Gasteiger partial charge in [-0.3, -0.25) is 4.79 Å². The zero-order chi connectivity index (χ0) is 15.1. The van der Waals surface area contributed by atoms with Gasteiger partial charge in [0.15, 0.2) is 0 Å². The van der Waals surface area contributed by atoms with Crippen molar-refractivity contribution in [3.63, 3.8) is 0 Å². The molecule has 0 aliphatic carbocycles. The number of hydrogen-bond donors (Lipinski definition) is 1. The van der Waals surface area contributed by atoms with E-state index in [0.717, 1.165) is 22.9 Å². The smallest absolute Gasteiger partial charge is 0.326 e. The van der Waals surface area contributed by atoms with Crippen LogP contribution in [0.1, 0.15) is 34.3 Å². The minimum Gasteiger partial charge on any atom is -0.480 e. The number of likely N-dealkylation sites (tertiary alicyclic amines) is 1. The average Bonchev–Trinajstić information content (AvgIpc) is 3.05. The fraction of sp³-hybridized carbons (Fsp3) is 0.375. The summed E-state index contributed by atoms with van der Waals surface area (Å²) in [5.41, 5.74) is 3.28. The summed E-state index contributed by atoms with van der Waals surface area (Å²) in [5, 5.41) is 9.96. The molecule has 1 atom stereocenters. The van der Waals surface area contributed by atoms with Crippen LogP contribution in [0.15, 0.2) is 22.8 Å². The third-order valence-electron chi connectivity index (χ3n) is 4.22. The Morgan fingerprint density at radius 3 is 2.71 bits per heavy atom. The summed E-state index contributed by atoms with van der Waals surface area (Å²) in [4.78, 5) is 25.3. The Morgan fingerprint density at radius 2 is 2.00 bits per heavy atom. The van der Waals surface area contributed by atoms with E-state index in [4.69, 9.17) is 4.42 Å². The molecular weight excluding hydrogens is 270 g/mol. The largest absolute Gasteiger partial charge is 0.480 e. The summed E-state index contributed by atoms with van der Waals surface area (Å²) in [6, 6.07) is 3.10. The Labute approximate surface area is 122 Å². The van der Waals surface area contributed by atoms with Crippen LogP contribution in [0, 0.1) is 13.8 Å². The van der Waals surface area contributed by atoms with E-state index in [1.54, 1.807) is 0 Å². The fourth-order valence-electron chi connectivity index (χ4n) is 2.87. The van der Waals surface area contributed by atoms with Crippen molar-refractivity contribution in [1.29, 1.82) is 0 Å². The monoisotopic (exact) mass is 287 g/mol. The number of amides is 1. The van der Waals surface area contributed by atoms with Gasteiger partial charge in [-0.05, 0) is 49.9 Å². The van der Waals surface area contributed by atoms with Gasteiger partial charge in [0.25, 0.3) is 5.91 Å². The van der Waals surface area contributed by atoms with Crippen molar-refractivity contribution >= 4 is 22.8 Å². The molecule has 1 aromatic heterocycles. The van der Waals surface area contributed by atoms with Crippen molar-refractivity contribution in [3.8, 4) is 0 Å². The van der Waals surface area contributed by atoms with Crippen molar-refractivity contribution in [3.05, 3.63) is 35.1 Å². The van der Waals surface area contributed by atoms with Crippen molar-refractivity contribution in [2.24, 2.45) is 0 Å². The van der Waals surface area contributed by atoms with E-state index in [0.29, 0.717) is 24.1 Å². The van der Waals surface area contributed by atoms with Crippen molar-refractivity contribution in [1.82, 2.24) is 4.90 Å². The van der Waals surface area contributed by atoms with Crippen LogP contribution in [0.4, 0.5) is 0 Å². The highest BCUT2D eigenvalue weighted by Crippen LogP contribution is 2.28. The Hall–Kier alpha value is -2.30. The van der Waals surface area contributed by atoms with Crippen LogP contribution in [0.3, 0.4) is 0 Å². The van der Waals surface area contributed by atoms with Crippen molar-refractivity contribution < 1.29 is 19.1 Å². The number of nitrogens with zero attached hydrogens (tertiary/aromatic N) is 1. The number of carboxylic acid groups (broad SMARTS) is 1. The van der Waals surface area contributed by atoms with E-state index in [1.165, 1.54) is 11.2 Å². The highest BCUT2D eigenvalue weighted by atomic mass is 16.4. The molecule has 1 aliphatic rings. The van der Waals surface area contributed by atoms with Crippen LogP contribution in [-0.2, 0) is 4.79 Å². The topological polar surface area (TPSA) is 70.8 Å². The second-order valence-electron chi connectivity index (χ2n) is 5.58. The highest BCUT2D eigenvalue weighted by molar-refractivity contribution is 6.07. The zero-order valence-corrected chi connectivity index (χ0v) is 12.0. The number of hydrogen-bond acceptors (Lipinski definition) is 3. The van der Waals surface area contributed by atoms with Gasteiger partial charge in [0.05, 0.1) is 5.56 Å². The summed E-state index contributed by atoms with van der Waals surface area (Å²) in [6.07, 6.45) is 2.66. The van der Waals surface area contributed by atoms with Gasteiger partial charge >= 0.3 is 5.97 Å². The molecule has 2 heterocycles. The molecule has 5 heteroatoms. The van der Waals surface area contributed by atoms with E-state index in [1.807, 2.05) is 26.0 Å². The molecule has 1 amide bonds. The Bertz CT molecular complexity index is 731. The second-order valence-corrected chi connectivity index (χ2v) is 5.58. The molecule has 1 fully saturated rings. The number of aryl methyl sites for hydroxylation is 2. The van der Waals surface area contributed by atoms with Gasteiger partial charge in [0, 0.05) is 11.9 Å². The van der Waals surface area contributed by atoms with Gasteiger partial charge in [0.1, 0.15) is 17.9 Å². The van der Waals surface area contributed by atoms with Crippen LogP contribution in [-0.4, -0.2) is 34.5 Å². The molecular formula is C16H17NO4. The first kappa shape index (κ1) is 13.7. The highest BCUT2D eigenvalue weighted by Gasteiger charge is 2.35. The lowest BCUT2D eigenvalue weighted by Crippen LogP contribution is -2.40. The molecule has 21 heavy (non-hydrogen) atoms.